The SMILES string of the molecule is CCN1CC2CCCC2C1=O. The van der Waals surface area contributed by atoms with E-state index < -0.39 is 0 Å². The van der Waals surface area contributed by atoms with Crippen LogP contribution in [0.3, 0.4) is 0 Å². The topological polar surface area (TPSA) is 20.3 Å². The monoisotopic (exact) mass is 153 g/mol. The highest BCUT2D eigenvalue weighted by Crippen LogP contribution is 2.38. The van der Waals surface area contributed by atoms with E-state index in [1.54, 1.807) is 0 Å². The van der Waals surface area contributed by atoms with Crippen molar-refractivity contribution in [3.8, 4) is 0 Å². The first-order chi connectivity index (χ1) is 5.33. The van der Waals surface area contributed by atoms with E-state index in [4.69, 9.17) is 0 Å². The molecular weight excluding hydrogens is 138 g/mol. The molecule has 62 valence electrons. The van der Waals surface area contributed by atoms with E-state index in [9.17, 15) is 4.79 Å². The summed E-state index contributed by atoms with van der Waals surface area (Å²) < 4.78 is 0. The highest BCUT2D eigenvalue weighted by molar-refractivity contribution is 5.81. The number of nitrogens with zero attached hydrogens (tertiary/aromatic N) is 1. The van der Waals surface area contributed by atoms with Crippen molar-refractivity contribution in [2.75, 3.05) is 13.1 Å². The van der Waals surface area contributed by atoms with Crippen LogP contribution in [0.5, 0.6) is 0 Å². The standard InChI is InChI=1S/C9H15NO/c1-2-10-6-7-4-3-5-8(7)9(10)11/h7-8H,2-6H2,1H3. The van der Waals surface area contributed by atoms with Gasteiger partial charge in [0.15, 0.2) is 0 Å². The van der Waals surface area contributed by atoms with Gasteiger partial charge in [0.05, 0.1) is 0 Å². The average molecular weight is 153 g/mol. The van der Waals surface area contributed by atoms with Gasteiger partial charge in [0.25, 0.3) is 0 Å². The Morgan fingerprint density at radius 3 is 3.00 bits per heavy atom. The Balaban J connectivity index is 2.10. The lowest BCUT2D eigenvalue weighted by Crippen LogP contribution is -2.26. The average Bonchev–Trinajstić information content (AvgIpc) is 2.53. The fourth-order valence-corrected chi connectivity index (χ4v) is 2.47. The summed E-state index contributed by atoms with van der Waals surface area (Å²) in [5, 5.41) is 0. The molecule has 1 heterocycles. The van der Waals surface area contributed by atoms with Crippen LogP contribution in [0.2, 0.25) is 0 Å². The maximum atomic E-state index is 11.5. The predicted molar refractivity (Wildman–Crippen MR) is 43.1 cm³/mol. The van der Waals surface area contributed by atoms with Crippen LogP contribution in [-0.2, 0) is 4.79 Å². The molecule has 1 amide bonds. The van der Waals surface area contributed by atoms with Crippen LogP contribution in [0, 0.1) is 11.8 Å². The van der Waals surface area contributed by atoms with E-state index in [2.05, 4.69) is 6.92 Å². The summed E-state index contributed by atoms with van der Waals surface area (Å²) in [5.74, 6) is 1.55. The van der Waals surface area contributed by atoms with Gasteiger partial charge < -0.3 is 4.90 Å². The maximum Gasteiger partial charge on any atom is 0.226 e. The van der Waals surface area contributed by atoms with Crippen molar-refractivity contribution in [2.45, 2.75) is 26.2 Å². The van der Waals surface area contributed by atoms with Gasteiger partial charge in [-0.15, -0.1) is 0 Å². The summed E-state index contributed by atoms with van der Waals surface area (Å²) in [6, 6.07) is 0. The van der Waals surface area contributed by atoms with E-state index in [0.717, 1.165) is 19.5 Å². The van der Waals surface area contributed by atoms with Gasteiger partial charge in [-0.3, -0.25) is 4.79 Å². The molecule has 0 spiro atoms. The molecule has 1 saturated heterocycles. The molecule has 0 bridgehead atoms. The summed E-state index contributed by atoms with van der Waals surface area (Å²) in [7, 11) is 0. The van der Waals surface area contributed by atoms with Gasteiger partial charge in [0.1, 0.15) is 0 Å². The minimum absolute atomic E-state index is 0.412. The van der Waals surface area contributed by atoms with Crippen molar-refractivity contribution in [3.05, 3.63) is 0 Å². The second-order valence-corrected chi connectivity index (χ2v) is 3.67. The Morgan fingerprint density at radius 1 is 1.55 bits per heavy atom. The second kappa shape index (κ2) is 2.50. The minimum Gasteiger partial charge on any atom is -0.342 e. The van der Waals surface area contributed by atoms with Gasteiger partial charge >= 0.3 is 0 Å². The summed E-state index contributed by atoms with van der Waals surface area (Å²) >= 11 is 0. The minimum atomic E-state index is 0.412. The number of hydrogen-bond acceptors (Lipinski definition) is 1. The molecule has 1 aliphatic carbocycles. The number of rotatable bonds is 1. The van der Waals surface area contributed by atoms with Gasteiger partial charge in [-0.1, -0.05) is 6.42 Å². The second-order valence-electron chi connectivity index (χ2n) is 3.67. The number of likely N-dealkylation sites (tertiary alicyclic amines) is 1. The molecule has 2 atom stereocenters. The predicted octanol–water partition coefficient (Wildman–Crippen LogP) is 1.26. The molecule has 1 saturated carbocycles. The van der Waals surface area contributed by atoms with Gasteiger partial charge in [0, 0.05) is 19.0 Å². The Morgan fingerprint density at radius 2 is 2.36 bits per heavy atom. The molecule has 2 fully saturated rings. The first kappa shape index (κ1) is 7.14. The normalized spacial score (nSPS) is 36.5. The molecule has 0 aromatic rings. The van der Waals surface area contributed by atoms with Crippen LogP contribution in [0.25, 0.3) is 0 Å². The van der Waals surface area contributed by atoms with E-state index >= 15 is 0 Å². The van der Waals surface area contributed by atoms with Gasteiger partial charge in [0.2, 0.25) is 5.91 Å². The molecule has 2 rings (SSSR count). The molecule has 2 aliphatic rings. The zero-order valence-corrected chi connectivity index (χ0v) is 7.05. The van der Waals surface area contributed by atoms with Crippen molar-refractivity contribution < 1.29 is 4.79 Å². The Labute approximate surface area is 67.6 Å². The zero-order valence-electron chi connectivity index (χ0n) is 7.05. The number of carbonyl (C=O) groups is 1. The third kappa shape index (κ3) is 0.959. The molecule has 2 unspecified atom stereocenters. The highest BCUT2D eigenvalue weighted by atomic mass is 16.2. The molecule has 2 heteroatoms. The van der Waals surface area contributed by atoms with Crippen LogP contribution in [0.1, 0.15) is 26.2 Å². The molecule has 0 radical (unpaired) electrons. The highest BCUT2D eigenvalue weighted by Gasteiger charge is 2.41. The maximum absolute atomic E-state index is 11.5. The third-order valence-electron chi connectivity index (χ3n) is 3.12. The van der Waals surface area contributed by atoms with E-state index in [1.807, 2.05) is 4.90 Å². The van der Waals surface area contributed by atoms with Crippen molar-refractivity contribution in [2.24, 2.45) is 11.8 Å². The first-order valence-electron chi connectivity index (χ1n) is 4.61. The van der Waals surface area contributed by atoms with E-state index in [0.29, 0.717) is 17.7 Å². The van der Waals surface area contributed by atoms with Crippen LogP contribution in [0.15, 0.2) is 0 Å². The Kier molecular flexibility index (Phi) is 1.63. The smallest absolute Gasteiger partial charge is 0.226 e. The molecule has 1 aliphatic heterocycles. The van der Waals surface area contributed by atoms with E-state index in [1.165, 1.54) is 12.8 Å². The van der Waals surface area contributed by atoms with Gasteiger partial charge in [-0.2, -0.15) is 0 Å². The summed E-state index contributed by atoms with van der Waals surface area (Å²) in [6.07, 6.45) is 3.71. The summed E-state index contributed by atoms with van der Waals surface area (Å²) in [6.45, 7) is 4.02. The molecule has 0 aromatic heterocycles. The quantitative estimate of drug-likeness (QED) is 0.555. The lowest BCUT2D eigenvalue weighted by atomic mass is 10.0. The molecule has 2 nitrogen and oxygen atoms in total. The number of carbonyl (C=O) groups excluding carboxylic acids is 1. The largest absolute Gasteiger partial charge is 0.342 e. The fraction of sp³-hybridized carbons (Fsp3) is 0.889. The van der Waals surface area contributed by atoms with Crippen molar-refractivity contribution >= 4 is 5.91 Å². The van der Waals surface area contributed by atoms with Crippen molar-refractivity contribution in [3.63, 3.8) is 0 Å². The summed E-state index contributed by atoms with van der Waals surface area (Å²) in [5.41, 5.74) is 0. The van der Waals surface area contributed by atoms with Crippen molar-refractivity contribution in [1.29, 1.82) is 0 Å². The number of fused-ring (bicyclic) bond motifs is 1. The van der Waals surface area contributed by atoms with E-state index in [-0.39, 0.29) is 0 Å². The lowest BCUT2D eigenvalue weighted by Gasteiger charge is -2.13. The molecule has 0 N–H and O–H groups in total. The molecular formula is C9H15NO. The molecule has 0 aromatic carbocycles. The zero-order chi connectivity index (χ0) is 7.84. The Hall–Kier alpha value is -0.530. The van der Waals surface area contributed by atoms with Crippen molar-refractivity contribution in [1.82, 2.24) is 4.90 Å². The third-order valence-corrected chi connectivity index (χ3v) is 3.12. The Bertz CT molecular complexity index is 178. The van der Waals surface area contributed by atoms with Crippen LogP contribution >= 0.6 is 0 Å². The number of hydrogen-bond donors (Lipinski definition) is 0. The summed E-state index contributed by atoms with van der Waals surface area (Å²) in [4.78, 5) is 13.6. The lowest BCUT2D eigenvalue weighted by molar-refractivity contribution is -0.130. The van der Waals surface area contributed by atoms with Gasteiger partial charge in [-0.25, -0.2) is 0 Å². The molecule has 11 heavy (non-hydrogen) atoms. The number of amides is 1. The van der Waals surface area contributed by atoms with Crippen LogP contribution in [0.4, 0.5) is 0 Å². The fourth-order valence-electron chi connectivity index (χ4n) is 2.47. The van der Waals surface area contributed by atoms with Crippen LogP contribution in [-0.4, -0.2) is 23.9 Å². The van der Waals surface area contributed by atoms with Gasteiger partial charge in [-0.05, 0) is 25.7 Å². The van der Waals surface area contributed by atoms with Crippen LogP contribution < -0.4 is 0 Å². The first-order valence-corrected chi connectivity index (χ1v) is 4.61.